The van der Waals surface area contributed by atoms with Crippen molar-refractivity contribution in [3.05, 3.63) is 75.3 Å². The van der Waals surface area contributed by atoms with Crippen molar-refractivity contribution in [3.8, 4) is 0 Å². The molecule has 102 valence electrons. The summed E-state index contributed by atoms with van der Waals surface area (Å²) >= 11 is 0. The first kappa shape index (κ1) is 13.7. The van der Waals surface area contributed by atoms with Gasteiger partial charge in [-0.3, -0.25) is 10.1 Å². The highest BCUT2D eigenvalue weighted by Gasteiger charge is 2.09. The highest BCUT2D eigenvalue weighted by Crippen LogP contribution is 2.15. The van der Waals surface area contributed by atoms with Crippen LogP contribution in [0.5, 0.6) is 0 Å². The van der Waals surface area contributed by atoms with Crippen LogP contribution in [0, 0.1) is 17.0 Å². The lowest BCUT2D eigenvalue weighted by Gasteiger charge is -2.03. The van der Waals surface area contributed by atoms with E-state index in [-0.39, 0.29) is 5.69 Å². The molecule has 0 fully saturated rings. The summed E-state index contributed by atoms with van der Waals surface area (Å²) in [6.07, 6.45) is 1.36. The Morgan fingerprint density at radius 1 is 1.20 bits per heavy atom. The second-order valence-corrected chi connectivity index (χ2v) is 4.25. The molecular weight excluding hydrogens is 256 g/mol. The van der Waals surface area contributed by atoms with Crippen LogP contribution in [0.2, 0.25) is 0 Å². The van der Waals surface area contributed by atoms with Gasteiger partial charge in [0.15, 0.2) is 0 Å². The van der Waals surface area contributed by atoms with E-state index in [1.807, 2.05) is 31.2 Å². The Bertz CT molecular complexity index is 639. The number of rotatable bonds is 5. The molecule has 0 heterocycles. The highest BCUT2D eigenvalue weighted by atomic mass is 16.6. The summed E-state index contributed by atoms with van der Waals surface area (Å²) in [7, 11) is 0. The van der Waals surface area contributed by atoms with Gasteiger partial charge in [-0.05, 0) is 24.1 Å². The van der Waals surface area contributed by atoms with E-state index in [9.17, 15) is 10.1 Å². The fourth-order valence-corrected chi connectivity index (χ4v) is 1.74. The molecule has 0 amide bonds. The number of hydrogen-bond donors (Lipinski definition) is 0. The van der Waals surface area contributed by atoms with Crippen molar-refractivity contribution in [1.82, 2.24) is 0 Å². The van der Waals surface area contributed by atoms with Crippen molar-refractivity contribution >= 4 is 11.9 Å². The smallest absolute Gasteiger partial charge is 0.278 e. The Balaban J connectivity index is 2.01. The summed E-state index contributed by atoms with van der Waals surface area (Å²) < 4.78 is 0. The third kappa shape index (κ3) is 3.41. The van der Waals surface area contributed by atoms with E-state index in [1.54, 1.807) is 18.2 Å². The molecule has 2 rings (SSSR count). The monoisotopic (exact) mass is 270 g/mol. The van der Waals surface area contributed by atoms with Crippen LogP contribution in [-0.2, 0) is 11.4 Å². The first-order valence-corrected chi connectivity index (χ1v) is 6.12. The molecule has 2 aromatic rings. The van der Waals surface area contributed by atoms with Crippen LogP contribution < -0.4 is 0 Å². The van der Waals surface area contributed by atoms with Gasteiger partial charge < -0.3 is 4.84 Å². The van der Waals surface area contributed by atoms with E-state index in [0.717, 1.165) is 11.1 Å². The zero-order valence-corrected chi connectivity index (χ0v) is 11.0. The summed E-state index contributed by atoms with van der Waals surface area (Å²) in [6.45, 7) is 2.33. The first-order valence-electron chi connectivity index (χ1n) is 6.12. The Hall–Kier alpha value is -2.69. The minimum atomic E-state index is -0.442. The quantitative estimate of drug-likeness (QED) is 0.475. The second-order valence-electron chi connectivity index (χ2n) is 4.25. The van der Waals surface area contributed by atoms with Gasteiger partial charge in [-0.2, -0.15) is 0 Å². The standard InChI is InChI=1S/C15H14N2O3/c1-12-6-2-3-8-14(12)11-20-16-10-13-7-4-5-9-15(13)17(18)19/h2-10H,11H2,1H3/b16-10+. The molecule has 0 aliphatic carbocycles. The third-order valence-electron chi connectivity index (χ3n) is 2.88. The molecule has 0 saturated carbocycles. The average Bonchev–Trinajstić information content (AvgIpc) is 2.45. The van der Waals surface area contributed by atoms with Crippen molar-refractivity contribution in [3.63, 3.8) is 0 Å². The molecule has 5 heteroatoms. The Kier molecular flexibility index (Phi) is 4.44. The SMILES string of the molecule is Cc1ccccc1CO/N=C/c1ccccc1[N+](=O)[O-]. The lowest BCUT2D eigenvalue weighted by Crippen LogP contribution is -1.95. The number of para-hydroxylation sites is 1. The predicted molar refractivity (Wildman–Crippen MR) is 76.7 cm³/mol. The van der Waals surface area contributed by atoms with Crippen molar-refractivity contribution in [2.75, 3.05) is 0 Å². The van der Waals surface area contributed by atoms with E-state index in [2.05, 4.69) is 5.16 Å². The maximum absolute atomic E-state index is 10.8. The van der Waals surface area contributed by atoms with Crippen molar-refractivity contribution < 1.29 is 9.76 Å². The van der Waals surface area contributed by atoms with Crippen LogP contribution in [0.1, 0.15) is 16.7 Å². The van der Waals surface area contributed by atoms with Crippen molar-refractivity contribution in [1.29, 1.82) is 0 Å². The maximum atomic E-state index is 10.8. The number of oxime groups is 1. The molecule has 0 aliphatic heterocycles. The first-order chi connectivity index (χ1) is 9.68. The average molecular weight is 270 g/mol. The highest BCUT2D eigenvalue weighted by molar-refractivity contribution is 5.84. The molecular formula is C15H14N2O3. The van der Waals surface area contributed by atoms with E-state index < -0.39 is 4.92 Å². The summed E-state index contributed by atoms with van der Waals surface area (Å²) in [5, 5.41) is 14.6. The Morgan fingerprint density at radius 3 is 2.65 bits per heavy atom. The van der Waals surface area contributed by atoms with Crippen LogP contribution in [-0.4, -0.2) is 11.1 Å². The van der Waals surface area contributed by atoms with Crippen LogP contribution in [0.25, 0.3) is 0 Å². The van der Waals surface area contributed by atoms with Crippen LogP contribution in [0.3, 0.4) is 0 Å². The van der Waals surface area contributed by atoms with E-state index in [0.29, 0.717) is 12.2 Å². The molecule has 0 saturated heterocycles. The molecule has 0 N–H and O–H groups in total. The van der Waals surface area contributed by atoms with E-state index in [4.69, 9.17) is 4.84 Å². The fourth-order valence-electron chi connectivity index (χ4n) is 1.74. The third-order valence-corrected chi connectivity index (χ3v) is 2.88. The molecule has 0 radical (unpaired) electrons. The second kappa shape index (κ2) is 6.47. The molecule has 0 aromatic heterocycles. The van der Waals surface area contributed by atoms with Gasteiger partial charge in [-0.15, -0.1) is 0 Å². The molecule has 0 spiro atoms. The number of aryl methyl sites for hydroxylation is 1. The Morgan fingerprint density at radius 2 is 1.90 bits per heavy atom. The number of benzene rings is 2. The van der Waals surface area contributed by atoms with Gasteiger partial charge >= 0.3 is 0 Å². The van der Waals surface area contributed by atoms with E-state index >= 15 is 0 Å². The number of nitrogens with zero attached hydrogens (tertiary/aromatic N) is 2. The summed E-state index contributed by atoms with van der Waals surface area (Å²) in [5.74, 6) is 0. The molecule has 20 heavy (non-hydrogen) atoms. The van der Waals surface area contributed by atoms with Crippen LogP contribution >= 0.6 is 0 Å². The molecule has 2 aromatic carbocycles. The zero-order chi connectivity index (χ0) is 14.4. The molecule has 0 unspecified atom stereocenters. The summed E-state index contributed by atoms with van der Waals surface area (Å²) in [5.41, 5.74) is 2.58. The molecule has 5 nitrogen and oxygen atoms in total. The minimum Gasteiger partial charge on any atom is -0.391 e. The number of nitro benzene ring substituents is 1. The predicted octanol–water partition coefficient (Wildman–Crippen LogP) is 3.45. The van der Waals surface area contributed by atoms with Gasteiger partial charge in [0.1, 0.15) is 6.61 Å². The fraction of sp³-hybridized carbons (Fsp3) is 0.133. The van der Waals surface area contributed by atoms with Crippen LogP contribution in [0.15, 0.2) is 53.7 Å². The summed E-state index contributed by atoms with van der Waals surface area (Å²) in [4.78, 5) is 15.6. The van der Waals surface area contributed by atoms with Gasteiger partial charge in [0.2, 0.25) is 0 Å². The van der Waals surface area contributed by atoms with Gasteiger partial charge in [-0.1, -0.05) is 41.6 Å². The molecule has 0 atom stereocenters. The van der Waals surface area contributed by atoms with Crippen molar-refractivity contribution in [2.24, 2.45) is 5.16 Å². The maximum Gasteiger partial charge on any atom is 0.278 e. The Labute approximate surface area is 116 Å². The number of nitro groups is 1. The lowest BCUT2D eigenvalue weighted by molar-refractivity contribution is -0.385. The normalized spacial score (nSPS) is 10.7. The summed E-state index contributed by atoms with van der Waals surface area (Å²) in [6, 6.07) is 14.2. The largest absolute Gasteiger partial charge is 0.391 e. The lowest BCUT2D eigenvalue weighted by atomic mass is 10.1. The van der Waals surface area contributed by atoms with Crippen molar-refractivity contribution in [2.45, 2.75) is 13.5 Å². The molecule has 0 aliphatic rings. The zero-order valence-electron chi connectivity index (χ0n) is 11.0. The molecule has 0 bridgehead atoms. The van der Waals surface area contributed by atoms with E-state index in [1.165, 1.54) is 12.3 Å². The minimum absolute atomic E-state index is 0.00995. The topological polar surface area (TPSA) is 64.7 Å². The van der Waals surface area contributed by atoms with Gasteiger partial charge in [0.05, 0.1) is 16.7 Å². The van der Waals surface area contributed by atoms with Gasteiger partial charge in [0, 0.05) is 6.07 Å². The van der Waals surface area contributed by atoms with Crippen LogP contribution in [0.4, 0.5) is 5.69 Å². The van der Waals surface area contributed by atoms with Gasteiger partial charge in [-0.25, -0.2) is 0 Å². The number of hydrogen-bond acceptors (Lipinski definition) is 4. The van der Waals surface area contributed by atoms with Gasteiger partial charge in [0.25, 0.3) is 5.69 Å².